The summed E-state index contributed by atoms with van der Waals surface area (Å²) in [6.45, 7) is 6.70. The van der Waals surface area contributed by atoms with E-state index in [4.69, 9.17) is 5.84 Å². The molecule has 5 nitrogen and oxygen atoms in total. The van der Waals surface area contributed by atoms with Gasteiger partial charge in [0.05, 0.1) is 0 Å². The van der Waals surface area contributed by atoms with Crippen LogP contribution >= 0.6 is 0 Å². The van der Waals surface area contributed by atoms with Crippen molar-refractivity contribution in [3.63, 3.8) is 0 Å². The molecule has 5 heteroatoms. The molecule has 0 bridgehead atoms. The van der Waals surface area contributed by atoms with Gasteiger partial charge in [-0.2, -0.15) is 0 Å². The van der Waals surface area contributed by atoms with E-state index in [0.717, 1.165) is 24.0 Å². The number of aryl methyl sites for hydroxylation is 1. The van der Waals surface area contributed by atoms with Crippen molar-refractivity contribution in [3.05, 3.63) is 11.9 Å². The van der Waals surface area contributed by atoms with Gasteiger partial charge in [-0.3, -0.25) is 0 Å². The number of nitrogens with zero attached hydrogens (tertiary/aromatic N) is 2. The largest absolute Gasteiger partial charge is 0.367 e. The van der Waals surface area contributed by atoms with Crippen LogP contribution in [0.2, 0.25) is 0 Å². The van der Waals surface area contributed by atoms with Crippen LogP contribution in [0.15, 0.2) is 6.07 Å². The molecule has 2 rings (SSSR count). The highest BCUT2D eigenvalue weighted by molar-refractivity contribution is 5.47. The summed E-state index contributed by atoms with van der Waals surface area (Å²) in [5, 5.41) is 3.55. The van der Waals surface area contributed by atoms with Gasteiger partial charge in [0.15, 0.2) is 0 Å². The lowest BCUT2D eigenvalue weighted by Gasteiger charge is -2.33. The van der Waals surface area contributed by atoms with Crippen LogP contribution in [0.5, 0.6) is 0 Å². The van der Waals surface area contributed by atoms with Crippen molar-refractivity contribution in [2.45, 2.75) is 52.5 Å². The minimum Gasteiger partial charge on any atom is -0.367 e. The maximum Gasteiger partial charge on any atom is 0.145 e. The third-order valence-electron chi connectivity index (χ3n) is 4.00. The summed E-state index contributed by atoms with van der Waals surface area (Å²) in [6, 6.07) is 2.38. The molecule has 106 valence electrons. The summed E-state index contributed by atoms with van der Waals surface area (Å²) in [5.74, 6) is 9.34. The van der Waals surface area contributed by atoms with E-state index >= 15 is 0 Å². The molecule has 3 atom stereocenters. The molecular weight excluding hydrogens is 238 g/mol. The van der Waals surface area contributed by atoms with Gasteiger partial charge in [0, 0.05) is 18.5 Å². The highest BCUT2D eigenvalue weighted by Gasteiger charge is 2.25. The van der Waals surface area contributed by atoms with Gasteiger partial charge in [0.25, 0.3) is 0 Å². The standard InChI is InChI=1S/C14H25N5/c1-4-12-17-13(8-14(18-12)19-15)16-11-6-5-9(2)7-10(11)3/h8-11H,4-7,15H2,1-3H3,(H2,16,17,18,19). The molecule has 1 aromatic rings. The van der Waals surface area contributed by atoms with Crippen LogP contribution in [0.1, 0.15) is 45.9 Å². The molecule has 3 unspecified atom stereocenters. The van der Waals surface area contributed by atoms with E-state index in [2.05, 4.69) is 34.6 Å². The Bertz CT molecular complexity index is 398. The van der Waals surface area contributed by atoms with Crippen LogP contribution in [0.3, 0.4) is 0 Å². The number of anilines is 2. The van der Waals surface area contributed by atoms with Crippen LogP contribution in [0.25, 0.3) is 0 Å². The Balaban J connectivity index is 2.09. The van der Waals surface area contributed by atoms with Gasteiger partial charge in [-0.1, -0.05) is 20.8 Å². The highest BCUT2D eigenvalue weighted by Crippen LogP contribution is 2.30. The average Bonchev–Trinajstić information content (AvgIpc) is 2.41. The van der Waals surface area contributed by atoms with Crippen molar-refractivity contribution in [2.24, 2.45) is 17.7 Å². The molecule has 1 heterocycles. The summed E-state index contributed by atoms with van der Waals surface area (Å²) in [5.41, 5.74) is 2.61. The number of nitrogens with one attached hydrogen (secondary N) is 2. The molecule has 1 fully saturated rings. The molecule has 0 aromatic carbocycles. The molecule has 0 radical (unpaired) electrons. The first-order valence-electron chi connectivity index (χ1n) is 7.23. The normalized spacial score (nSPS) is 27.1. The Morgan fingerprint density at radius 3 is 2.63 bits per heavy atom. The van der Waals surface area contributed by atoms with Crippen LogP contribution in [0.4, 0.5) is 11.6 Å². The predicted octanol–water partition coefficient (Wildman–Crippen LogP) is 2.56. The monoisotopic (exact) mass is 263 g/mol. The molecule has 0 spiro atoms. The molecular formula is C14H25N5. The molecule has 0 amide bonds. The van der Waals surface area contributed by atoms with Gasteiger partial charge >= 0.3 is 0 Å². The highest BCUT2D eigenvalue weighted by atomic mass is 15.3. The van der Waals surface area contributed by atoms with Crippen LogP contribution in [-0.4, -0.2) is 16.0 Å². The summed E-state index contributed by atoms with van der Waals surface area (Å²) >= 11 is 0. The maximum atomic E-state index is 5.45. The topological polar surface area (TPSA) is 75.9 Å². The second-order valence-electron chi connectivity index (χ2n) is 5.70. The molecule has 1 aromatic heterocycles. The fraction of sp³-hybridized carbons (Fsp3) is 0.714. The van der Waals surface area contributed by atoms with Gasteiger partial charge in [-0.15, -0.1) is 0 Å². The van der Waals surface area contributed by atoms with Gasteiger partial charge < -0.3 is 10.7 Å². The first kappa shape index (κ1) is 14.1. The second-order valence-corrected chi connectivity index (χ2v) is 5.70. The average molecular weight is 263 g/mol. The summed E-state index contributed by atoms with van der Waals surface area (Å²) in [7, 11) is 0. The zero-order chi connectivity index (χ0) is 13.8. The van der Waals surface area contributed by atoms with Gasteiger partial charge in [0.2, 0.25) is 0 Å². The van der Waals surface area contributed by atoms with Crippen molar-refractivity contribution >= 4 is 11.6 Å². The lowest BCUT2D eigenvalue weighted by atomic mass is 9.80. The maximum absolute atomic E-state index is 5.45. The quantitative estimate of drug-likeness (QED) is 0.575. The van der Waals surface area contributed by atoms with Gasteiger partial charge in [0.1, 0.15) is 17.5 Å². The SMILES string of the molecule is CCc1nc(NN)cc(NC2CCC(C)CC2C)n1. The second kappa shape index (κ2) is 6.19. The zero-order valence-electron chi connectivity index (χ0n) is 12.1. The molecule has 1 aliphatic rings. The lowest BCUT2D eigenvalue weighted by Crippen LogP contribution is -2.33. The van der Waals surface area contributed by atoms with Crippen molar-refractivity contribution in [2.75, 3.05) is 10.7 Å². The number of hydrogen-bond donors (Lipinski definition) is 3. The minimum absolute atomic E-state index is 0.501. The molecule has 4 N–H and O–H groups in total. The predicted molar refractivity (Wildman–Crippen MR) is 78.8 cm³/mol. The fourth-order valence-electron chi connectivity index (χ4n) is 2.87. The smallest absolute Gasteiger partial charge is 0.145 e. The number of nitrogens with two attached hydrogens (primary N) is 1. The molecule has 19 heavy (non-hydrogen) atoms. The van der Waals surface area contributed by atoms with E-state index in [1.165, 1.54) is 19.3 Å². The molecule has 0 saturated heterocycles. The van der Waals surface area contributed by atoms with Crippen LogP contribution < -0.4 is 16.6 Å². The van der Waals surface area contributed by atoms with Crippen molar-refractivity contribution < 1.29 is 0 Å². The van der Waals surface area contributed by atoms with Crippen molar-refractivity contribution in [3.8, 4) is 0 Å². The van der Waals surface area contributed by atoms with Gasteiger partial charge in [-0.25, -0.2) is 15.8 Å². The number of hydrazine groups is 1. The number of nitrogen functional groups attached to an aromatic ring is 1. The van der Waals surface area contributed by atoms with Crippen molar-refractivity contribution in [1.29, 1.82) is 0 Å². The number of rotatable bonds is 4. The van der Waals surface area contributed by atoms with E-state index in [-0.39, 0.29) is 0 Å². The summed E-state index contributed by atoms with van der Waals surface area (Å²) in [6.07, 6.45) is 4.59. The van der Waals surface area contributed by atoms with Gasteiger partial charge in [-0.05, 0) is 31.1 Å². The first-order chi connectivity index (χ1) is 9.12. The first-order valence-corrected chi connectivity index (χ1v) is 7.23. The van der Waals surface area contributed by atoms with Crippen molar-refractivity contribution in [1.82, 2.24) is 9.97 Å². The third-order valence-corrected chi connectivity index (χ3v) is 4.00. The zero-order valence-corrected chi connectivity index (χ0v) is 12.1. The number of aromatic nitrogens is 2. The molecule has 0 aliphatic heterocycles. The van der Waals surface area contributed by atoms with E-state index in [0.29, 0.717) is 17.8 Å². The molecule has 1 saturated carbocycles. The minimum atomic E-state index is 0.501. The van der Waals surface area contributed by atoms with E-state index in [9.17, 15) is 0 Å². The lowest BCUT2D eigenvalue weighted by molar-refractivity contribution is 0.276. The van der Waals surface area contributed by atoms with E-state index in [1.54, 1.807) is 0 Å². The number of hydrogen-bond acceptors (Lipinski definition) is 5. The molecule has 1 aliphatic carbocycles. The Hall–Kier alpha value is -1.36. The Kier molecular flexibility index (Phi) is 4.58. The third kappa shape index (κ3) is 3.56. The fourth-order valence-corrected chi connectivity index (χ4v) is 2.87. The van der Waals surface area contributed by atoms with Crippen LogP contribution in [0, 0.1) is 11.8 Å². The Morgan fingerprint density at radius 1 is 1.26 bits per heavy atom. The van der Waals surface area contributed by atoms with E-state index in [1.807, 2.05) is 13.0 Å². The Labute approximate surface area is 115 Å². The van der Waals surface area contributed by atoms with Crippen LogP contribution in [-0.2, 0) is 6.42 Å². The van der Waals surface area contributed by atoms with E-state index < -0.39 is 0 Å². The summed E-state index contributed by atoms with van der Waals surface area (Å²) in [4.78, 5) is 8.84. The Morgan fingerprint density at radius 2 is 2.00 bits per heavy atom. The summed E-state index contributed by atoms with van der Waals surface area (Å²) < 4.78 is 0.